The van der Waals surface area contributed by atoms with E-state index in [0.717, 1.165) is 17.0 Å². The van der Waals surface area contributed by atoms with E-state index in [1.54, 1.807) is 30.2 Å². The summed E-state index contributed by atoms with van der Waals surface area (Å²) in [4.78, 5) is 63.1. The number of likely N-dealkylation sites (N-methyl/N-ethyl adjacent to an activating group) is 1. The molecule has 1 aromatic heterocycles. The predicted molar refractivity (Wildman–Crippen MR) is 207 cm³/mol. The van der Waals surface area contributed by atoms with E-state index in [9.17, 15) is 19.2 Å². The molecule has 2 saturated heterocycles. The first-order chi connectivity index (χ1) is 25.8. The van der Waals surface area contributed by atoms with Crippen molar-refractivity contribution in [2.45, 2.75) is 115 Å². The second kappa shape index (κ2) is 19.9. The van der Waals surface area contributed by atoms with Gasteiger partial charge in [-0.15, -0.1) is 11.3 Å². The molecule has 0 saturated carbocycles. The van der Waals surface area contributed by atoms with Crippen LogP contribution in [0.25, 0.3) is 0 Å². The Morgan fingerprint density at radius 3 is 2.41 bits per heavy atom. The van der Waals surface area contributed by atoms with Crippen molar-refractivity contribution in [1.82, 2.24) is 30.7 Å². The number of carbonyl (C=O) groups is 4. The second-order valence-electron chi connectivity index (χ2n) is 15.3. The van der Waals surface area contributed by atoms with Gasteiger partial charge in [0.2, 0.25) is 23.4 Å². The summed E-state index contributed by atoms with van der Waals surface area (Å²) in [6.45, 7) is 10.3. The lowest BCUT2D eigenvalue weighted by molar-refractivity contribution is -0.148. The van der Waals surface area contributed by atoms with E-state index in [1.807, 2.05) is 70.3 Å². The lowest BCUT2D eigenvalue weighted by Crippen LogP contribution is -2.59. The van der Waals surface area contributed by atoms with E-state index in [-0.39, 0.29) is 61.0 Å². The number of benzene rings is 1. The zero-order valence-corrected chi connectivity index (χ0v) is 34.0. The zero-order chi connectivity index (χ0) is 39.6. The highest BCUT2D eigenvalue weighted by Crippen LogP contribution is 2.31. The first-order valence-corrected chi connectivity index (χ1v) is 20.2. The molecule has 14 heteroatoms. The molecule has 1 aromatic carbocycles. The Labute approximate surface area is 324 Å². The van der Waals surface area contributed by atoms with Crippen molar-refractivity contribution >= 4 is 35.0 Å². The molecule has 2 aliphatic rings. The summed E-state index contributed by atoms with van der Waals surface area (Å²) < 4.78 is 27.3. The van der Waals surface area contributed by atoms with Gasteiger partial charge in [-0.1, -0.05) is 71.4 Å². The Kier molecular flexibility index (Phi) is 16.0. The third-order valence-electron chi connectivity index (χ3n) is 11.3. The lowest BCUT2D eigenvalue weighted by atomic mass is 9.89. The number of rotatable bonds is 19. The fraction of sp³-hybridized carbons (Fsp3) is 0.675. The number of amides is 4. The van der Waals surface area contributed by atoms with Crippen molar-refractivity contribution in [1.29, 1.82) is 0 Å². The Morgan fingerprint density at radius 2 is 1.83 bits per heavy atom. The molecule has 12 nitrogen and oxygen atoms in total. The number of hydrogen-bond acceptors (Lipinski definition) is 9. The number of likely N-dealkylation sites (tertiary alicyclic amines) is 1. The summed E-state index contributed by atoms with van der Waals surface area (Å²) in [7, 11) is 4.77. The van der Waals surface area contributed by atoms with E-state index in [4.69, 9.17) is 9.47 Å². The summed E-state index contributed by atoms with van der Waals surface area (Å²) in [5, 5.41) is 11.5. The summed E-state index contributed by atoms with van der Waals surface area (Å²) in [5.41, 5.74) is -0.990. The molecule has 4 rings (SSSR count). The normalized spacial score (nSPS) is 22.6. The van der Waals surface area contributed by atoms with Crippen LogP contribution < -0.4 is 16.0 Å². The number of carbonyl (C=O) groups excluding carboxylic acids is 4. The van der Waals surface area contributed by atoms with Gasteiger partial charge in [0.05, 0.1) is 42.7 Å². The van der Waals surface area contributed by atoms with Crippen LogP contribution in [0.3, 0.4) is 0 Å². The third kappa shape index (κ3) is 10.4. The largest absolute Gasteiger partial charge is 0.379 e. The van der Waals surface area contributed by atoms with Crippen LogP contribution in [0.15, 0.2) is 41.9 Å². The minimum atomic E-state index is -2.07. The van der Waals surface area contributed by atoms with E-state index in [1.165, 1.54) is 18.4 Å². The number of methoxy groups -OCH3 is 2. The van der Waals surface area contributed by atoms with Crippen LogP contribution in [0.1, 0.15) is 83.3 Å². The molecule has 2 aromatic rings. The topological polar surface area (TPSA) is 142 Å². The van der Waals surface area contributed by atoms with Crippen LogP contribution >= 0.6 is 11.3 Å². The van der Waals surface area contributed by atoms with Crippen LogP contribution in [-0.4, -0.2) is 115 Å². The summed E-state index contributed by atoms with van der Waals surface area (Å²) in [6.07, 6.45) is 3.26. The molecule has 0 spiro atoms. The Balaban J connectivity index is 1.47. The molecule has 0 radical (unpaired) electrons. The molecule has 2 aliphatic heterocycles. The highest BCUT2D eigenvalue weighted by atomic mass is 32.1. The molecule has 2 fully saturated rings. The van der Waals surface area contributed by atoms with Crippen molar-refractivity contribution in [2.75, 3.05) is 40.9 Å². The van der Waals surface area contributed by atoms with Crippen molar-refractivity contribution in [2.24, 2.45) is 17.8 Å². The number of alkyl halides is 1. The SMILES string of the molecule is CC[C@H](C)[C@@H](C(CC(=O)N1CCC[C@H]1[C@H](OC)[C@@H](C)C(=O)N[C@@H](Cc1ccccc1)c1nccs1)OC)N(C)C(=O)[C@@H](NC(=O)C1(F)CCNC1)C(C)C. The van der Waals surface area contributed by atoms with Gasteiger partial charge in [-0.25, -0.2) is 9.37 Å². The quantitative estimate of drug-likeness (QED) is 0.192. The zero-order valence-electron chi connectivity index (χ0n) is 33.2. The van der Waals surface area contributed by atoms with Crippen LogP contribution in [0.5, 0.6) is 0 Å². The molecule has 4 amide bonds. The first-order valence-electron chi connectivity index (χ1n) is 19.3. The van der Waals surface area contributed by atoms with Crippen molar-refractivity contribution < 1.29 is 33.0 Å². The lowest BCUT2D eigenvalue weighted by Gasteiger charge is -2.41. The molecule has 9 atom stereocenters. The Bertz CT molecular complexity index is 1510. The van der Waals surface area contributed by atoms with Gasteiger partial charge in [0.15, 0.2) is 0 Å². The molecular formula is C40H61FN6O6S. The molecule has 3 N–H and O–H groups in total. The number of nitrogens with zero attached hydrogens (tertiary/aromatic N) is 3. The third-order valence-corrected chi connectivity index (χ3v) is 12.2. The van der Waals surface area contributed by atoms with E-state index in [2.05, 4.69) is 20.9 Å². The average Bonchev–Trinajstić information content (AvgIpc) is 3.97. The molecule has 0 aliphatic carbocycles. The van der Waals surface area contributed by atoms with Crippen LogP contribution in [-0.2, 0) is 35.1 Å². The number of halogens is 1. The maximum atomic E-state index is 15.3. The molecule has 54 heavy (non-hydrogen) atoms. The number of thiazole rings is 1. The van der Waals surface area contributed by atoms with Gasteiger partial charge in [0.25, 0.3) is 5.91 Å². The Morgan fingerprint density at radius 1 is 1.11 bits per heavy atom. The Hall–Kier alpha value is -3.46. The maximum Gasteiger partial charge on any atom is 0.259 e. The minimum Gasteiger partial charge on any atom is -0.379 e. The highest BCUT2D eigenvalue weighted by Gasteiger charge is 2.46. The fourth-order valence-corrected chi connectivity index (χ4v) is 8.61. The molecule has 300 valence electrons. The van der Waals surface area contributed by atoms with Gasteiger partial charge < -0.3 is 35.2 Å². The molecular weight excluding hydrogens is 712 g/mol. The number of ether oxygens (including phenoxy) is 2. The standard InChI is InChI=1S/C40H61FN6O6S/c1-9-26(4)34(46(6)38(50)33(25(2)3)45-39(51)40(41)17-18-42-24-40)31(52-7)23-32(48)47-20-13-16-30(47)35(53-8)27(5)36(49)44-29(37-43-19-21-54-37)22-28-14-11-10-12-15-28/h10-12,14-15,19,21,25-27,29-31,33-35,42H,9,13,16-18,20,22-24H2,1-8H3,(H,44,49)(H,45,51)/t26-,27+,29-,30-,31?,33-,34-,35+,40?/m0/s1. The average molecular weight is 773 g/mol. The van der Waals surface area contributed by atoms with Gasteiger partial charge in [-0.3, -0.25) is 19.2 Å². The van der Waals surface area contributed by atoms with Crippen LogP contribution in [0, 0.1) is 17.8 Å². The van der Waals surface area contributed by atoms with Gasteiger partial charge in [-0.2, -0.15) is 0 Å². The second-order valence-corrected chi connectivity index (χ2v) is 16.2. The minimum absolute atomic E-state index is 0.00218. The highest BCUT2D eigenvalue weighted by molar-refractivity contribution is 7.09. The number of aromatic nitrogens is 1. The number of nitrogens with one attached hydrogen (secondary N) is 3. The van der Waals surface area contributed by atoms with E-state index >= 15 is 4.39 Å². The first kappa shape index (κ1) is 43.3. The number of hydrogen-bond donors (Lipinski definition) is 3. The van der Waals surface area contributed by atoms with Gasteiger partial charge in [-0.05, 0) is 43.2 Å². The fourth-order valence-electron chi connectivity index (χ4n) is 7.92. The van der Waals surface area contributed by atoms with Gasteiger partial charge >= 0.3 is 0 Å². The summed E-state index contributed by atoms with van der Waals surface area (Å²) in [6, 6.07) is 7.82. The predicted octanol–water partition coefficient (Wildman–Crippen LogP) is 4.31. The molecule has 2 unspecified atom stereocenters. The van der Waals surface area contributed by atoms with Crippen LogP contribution in [0.4, 0.5) is 4.39 Å². The van der Waals surface area contributed by atoms with Gasteiger partial charge in [0.1, 0.15) is 11.0 Å². The monoisotopic (exact) mass is 772 g/mol. The van der Waals surface area contributed by atoms with Crippen LogP contribution in [0.2, 0.25) is 0 Å². The maximum absolute atomic E-state index is 15.3. The van der Waals surface area contributed by atoms with E-state index in [0.29, 0.717) is 32.4 Å². The van der Waals surface area contributed by atoms with Crippen molar-refractivity contribution in [3.63, 3.8) is 0 Å². The van der Waals surface area contributed by atoms with Crippen molar-refractivity contribution in [3.8, 4) is 0 Å². The smallest absolute Gasteiger partial charge is 0.259 e. The van der Waals surface area contributed by atoms with E-state index < -0.39 is 41.8 Å². The van der Waals surface area contributed by atoms with Gasteiger partial charge in [0, 0.05) is 52.4 Å². The van der Waals surface area contributed by atoms with Crippen molar-refractivity contribution in [3.05, 3.63) is 52.5 Å². The molecule has 3 heterocycles. The molecule has 0 bridgehead atoms. The summed E-state index contributed by atoms with van der Waals surface area (Å²) in [5.74, 6) is -2.45. The summed E-state index contributed by atoms with van der Waals surface area (Å²) >= 11 is 1.49.